The molecule has 144 valence electrons. The van der Waals surface area contributed by atoms with Gasteiger partial charge in [-0.2, -0.15) is 4.98 Å². The first-order valence-electron chi connectivity index (χ1n) is 10.6. The molecule has 0 radical (unpaired) electrons. The van der Waals surface area contributed by atoms with Crippen LogP contribution in [-0.2, 0) is 11.2 Å². The van der Waals surface area contributed by atoms with E-state index >= 15 is 0 Å². The van der Waals surface area contributed by atoms with Gasteiger partial charge in [0.15, 0.2) is 5.82 Å². The van der Waals surface area contributed by atoms with Gasteiger partial charge >= 0.3 is 0 Å². The zero-order valence-electron chi connectivity index (χ0n) is 15.8. The molecule has 1 aromatic heterocycles. The molecule has 3 aliphatic rings. The van der Waals surface area contributed by atoms with E-state index in [-0.39, 0.29) is 11.4 Å². The number of amides is 1. The number of hydrogen-bond acceptors (Lipinski definition) is 5. The molecule has 26 heavy (non-hydrogen) atoms. The van der Waals surface area contributed by atoms with Crippen LogP contribution in [0.2, 0.25) is 0 Å². The Kier molecular flexibility index (Phi) is 5.57. The second-order valence-electron chi connectivity index (χ2n) is 8.32. The van der Waals surface area contributed by atoms with E-state index in [4.69, 9.17) is 4.52 Å². The van der Waals surface area contributed by atoms with Crippen LogP contribution in [0.25, 0.3) is 0 Å². The first kappa shape index (κ1) is 18.0. The third-order valence-corrected chi connectivity index (χ3v) is 6.64. The molecule has 2 heterocycles. The number of rotatable bonds is 6. The molecule has 6 heteroatoms. The minimum absolute atomic E-state index is 0.224. The Labute approximate surface area is 156 Å². The Morgan fingerprint density at radius 1 is 1.08 bits per heavy atom. The number of aromatic nitrogens is 2. The zero-order valence-corrected chi connectivity index (χ0v) is 15.8. The summed E-state index contributed by atoms with van der Waals surface area (Å²) >= 11 is 0. The van der Waals surface area contributed by atoms with Crippen molar-refractivity contribution in [1.82, 2.24) is 20.4 Å². The molecule has 2 aliphatic carbocycles. The molecule has 3 fully saturated rings. The Hall–Kier alpha value is -1.43. The molecule has 1 amide bonds. The van der Waals surface area contributed by atoms with Crippen LogP contribution in [0.1, 0.15) is 88.3 Å². The zero-order chi connectivity index (χ0) is 17.8. The monoisotopic (exact) mass is 360 g/mol. The normalized spacial score (nSPS) is 24.2. The smallest absolute Gasteiger partial charge is 0.240 e. The summed E-state index contributed by atoms with van der Waals surface area (Å²) in [5.41, 5.74) is -0.271. The van der Waals surface area contributed by atoms with Crippen molar-refractivity contribution in [2.24, 2.45) is 0 Å². The quantitative estimate of drug-likeness (QED) is 0.843. The summed E-state index contributed by atoms with van der Waals surface area (Å²) in [4.78, 5) is 20.2. The molecule has 2 saturated carbocycles. The number of likely N-dealkylation sites (tertiary alicyclic amines) is 1. The minimum Gasteiger partial charge on any atom is -0.354 e. The second kappa shape index (κ2) is 8.07. The lowest BCUT2D eigenvalue weighted by Crippen LogP contribution is -2.61. The summed E-state index contributed by atoms with van der Waals surface area (Å²) in [6.45, 7) is 2.74. The van der Waals surface area contributed by atoms with Crippen molar-refractivity contribution >= 4 is 5.91 Å². The number of hydrogen-bond donors (Lipinski definition) is 1. The maximum atomic E-state index is 13.2. The summed E-state index contributed by atoms with van der Waals surface area (Å²) in [6, 6.07) is 0. The van der Waals surface area contributed by atoms with Crippen LogP contribution in [0.15, 0.2) is 4.52 Å². The van der Waals surface area contributed by atoms with Crippen molar-refractivity contribution < 1.29 is 9.32 Å². The van der Waals surface area contributed by atoms with E-state index in [1.807, 2.05) is 0 Å². The van der Waals surface area contributed by atoms with Crippen LogP contribution in [-0.4, -0.2) is 46.1 Å². The summed E-state index contributed by atoms with van der Waals surface area (Å²) in [6.07, 6.45) is 13.6. The average molecular weight is 361 g/mol. The van der Waals surface area contributed by atoms with Gasteiger partial charge in [-0.15, -0.1) is 0 Å². The Morgan fingerprint density at radius 3 is 2.50 bits per heavy atom. The molecule has 0 aromatic carbocycles. The molecule has 4 rings (SSSR count). The lowest BCUT2D eigenvalue weighted by molar-refractivity contribution is -0.137. The Balaban J connectivity index is 1.33. The van der Waals surface area contributed by atoms with Crippen molar-refractivity contribution in [1.29, 1.82) is 0 Å². The summed E-state index contributed by atoms with van der Waals surface area (Å²) < 4.78 is 5.38. The van der Waals surface area contributed by atoms with Crippen LogP contribution in [0.3, 0.4) is 0 Å². The van der Waals surface area contributed by atoms with Crippen molar-refractivity contribution in [3.63, 3.8) is 0 Å². The van der Waals surface area contributed by atoms with Gasteiger partial charge < -0.3 is 9.84 Å². The number of carbonyl (C=O) groups excluding carboxylic acids is 1. The number of carbonyl (C=O) groups is 1. The Morgan fingerprint density at radius 2 is 1.81 bits per heavy atom. The van der Waals surface area contributed by atoms with Crippen molar-refractivity contribution in [2.75, 3.05) is 19.6 Å². The predicted octanol–water partition coefficient (Wildman–Crippen LogP) is 3.18. The fourth-order valence-electron chi connectivity index (χ4n) is 4.79. The lowest BCUT2D eigenvalue weighted by Gasteiger charge is -2.46. The molecule has 1 N–H and O–H groups in total. The highest BCUT2D eigenvalue weighted by atomic mass is 16.5. The Bertz CT molecular complexity index is 599. The van der Waals surface area contributed by atoms with Gasteiger partial charge in [-0.3, -0.25) is 9.69 Å². The topological polar surface area (TPSA) is 71.3 Å². The van der Waals surface area contributed by atoms with Crippen LogP contribution in [0, 0.1) is 0 Å². The van der Waals surface area contributed by atoms with Gasteiger partial charge in [0.25, 0.3) is 0 Å². The van der Waals surface area contributed by atoms with Gasteiger partial charge in [-0.05, 0) is 51.6 Å². The molecule has 0 atom stereocenters. The van der Waals surface area contributed by atoms with E-state index in [1.165, 1.54) is 44.9 Å². The van der Waals surface area contributed by atoms with Gasteiger partial charge in [-0.1, -0.05) is 37.3 Å². The highest BCUT2D eigenvalue weighted by molar-refractivity contribution is 5.86. The van der Waals surface area contributed by atoms with Gasteiger partial charge in [0.05, 0.1) is 0 Å². The molecule has 6 nitrogen and oxygen atoms in total. The third kappa shape index (κ3) is 3.66. The van der Waals surface area contributed by atoms with Gasteiger partial charge in [-0.25, -0.2) is 0 Å². The second-order valence-corrected chi connectivity index (χ2v) is 8.32. The maximum Gasteiger partial charge on any atom is 0.240 e. The van der Waals surface area contributed by atoms with E-state index in [0.717, 1.165) is 50.5 Å². The summed E-state index contributed by atoms with van der Waals surface area (Å²) in [7, 11) is 0. The van der Waals surface area contributed by atoms with Crippen LogP contribution < -0.4 is 5.32 Å². The maximum absolute atomic E-state index is 13.2. The standard InChI is InChI=1S/C20H32N4O2/c25-19(20(11-3-1-4-12-20)24-14-5-2-6-15-24)21-13-10-17-22-18(26-23-17)16-8-7-9-16/h16H,1-15H2,(H,21,25). The average Bonchev–Trinajstić information content (AvgIpc) is 3.09. The predicted molar refractivity (Wildman–Crippen MR) is 98.8 cm³/mol. The summed E-state index contributed by atoms with van der Waals surface area (Å²) in [5, 5.41) is 7.29. The SMILES string of the molecule is O=C(NCCc1noc(C2CCC2)n1)C1(N2CCCCC2)CCCCC1. The van der Waals surface area contributed by atoms with Gasteiger partial charge in [0.1, 0.15) is 5.54 Å². The highest BCUT2D eigenvalue weighted by Crippen LogP contribution is 2.36. The minimum atomic E-state index is -0.271. The fraction of sp³-hybridized carbons (Fsp3) is 0.850. The van der Waals surface area contributed by atoms with Crippen molar-refractivity contribution in [2.45, 2.75) is 88.5 Å². The molecular weight excluding hydrogens is 328 g/mol. The largest absolute Gasteiger partial charge is 0.354 e. The lowest BCUT2D eigenvalue weighted by atomic mass is 9.78. The molecule has 1 saturated heterocycles. The van der Waals surface area contributed by atoms with E-state index in [2.05, 4.69) is 20.4 Å². The molecule has 0 unspecified atom stereocenters. The first-order chi connectivity index (χ1) is 12.8. The van der Waals surface area contributed by atoms with E-state index in [0.29, 0.717) is 18.9 Å². The fourth-order valence-corrected chi connectivity index (χ4v) is 4.79. The molecule has 0 bridgehead atoms. The van der Waals surface area contributed by atoms with Crippen molar-refractivity contribution in [3.8, 4) is 0 Å². The summed E-state index contributed by atoms with van der Waals surface area (Å²) in [5.74, 6) is 2.20. The number of nitrogens with zero attached hydrogens (tertiary/aromatic N) is 3. The number of nitrogens with one attached hydrogen (secondary N) is 1. The molecule has 1 aromatic rings. The van der Waals surface area contributed by atoms with Gasteiger partial charge in [0, 0.05) is 18.9 Å². The van der Waals surface area contributed by atoms with E-state index in [1.54, 1.807) is 0 Å². The highest BCUT2D eigenvalue weighted by Gasteiger charge is 2.44. The van der Waals surface area contributed by atoms with Gasteiger partial charge in [0.2, 0.25) is 11.8 Å². The first-order valence-corrected chi connectivity index (χ1v) is 10.6. The van der Waals surface area contributed by atoms with E-state index in [9.17, 15) is 4.79 Å². The van der Waals surface area contributed by atoms with Crippen LogP contribution in [0.4, 0.5) is 0 Å². The van der Waals surface area contributed by atoms with Crippen LogP contribution in [0.5, 0.6) is 0 Å². The number of piperidine rings is 1. The van der Waals surface area contributed by atoms with E-state index < -0.39 is 0 Å². The molecule has 1 aliphatic heterocycles. The third-order valence-electron chi connectivity index (χ3n) is 6.64. The molecular formula is C20H32N4O2. The van der Waals surface area contributed by atoms with Crippen molar-refractivity contribution in [3.05, 3.63) is 11.7 Å². The molecule has 0 spiro atoms. The van der Waals surface area contributed by atoms with Crippen LogP contribution >= 0.6 is 0 Å².